The molecule has 21 heavy (non-hydrogen) atoms. The number of hydrogen-bond acceptors (Lipinski definition) is 5. The molecule has 6 heteroatoms. The van der Waals surface area contributed by atoms with Crippen molar-refractivity contribution in [2.24, 2.45) is 0 Å². The first-order valence-corrected chi connectivity index (χ1v) is 7.30. The largest absolute Gasteiger partial charge is 0.491 e. The smallest absolute Gasteiger partial charge is 0.147 e. The third kappa shape index (κ3) is 3.08. The van der Waals surface area contributed by atoms with E-state index in [1.165, 1.54) is 0 Å². The quantitative estimate of drug-likeness (QED) is 0.870. The highest BCUT2D eigenvalue weighted by molar-refractivity contribution is 6.32. The third-order valence-electron chi connectivity index (χ3n) is 3.56. The van der Waals surface area contributed by atoms with Gasteiger partial charge >= 0.3 is 0 Å². The second-order valence-electron chi connectivity index (χ2n) is 4.85. The number of aliphatic hydroxyl groups excluding tert-OH is 1. The normalized spacial score (nSPS) is 14.7. The van der Waals surface area contributed by atoms with Crippen LogP contribution in [0.5, 0.6) is 5.75 Å². The number of nitrogens with zero attached hydrogens (tertiary/aromatic N) is 2. The van der Waals surface area contributed by atoms with Gasteiger partial charge in [-0.2, -0.15) is 5.26 Å². The standard InChI is InChI=1S/C15H19ClN2O3/c1-3-21-15-10(4-5-19)6-13(16)12(7-17)14(15)18-8-11(9-18)20-2/h6,11,19H,3-5,8-9H2,1-2H3. The number of halogens is 1. The van der Waals surface area contributed by atoms with Crippen molar-refractivity contribution in [1.82, 2.24) is 0 Å². The second-order valence-corrected chi connectivity index (χ2v) is 5.26. The van der Waals surface area contributed by atoms with Gasteiger partial charge in [0.25, 0.3) is 0 Å². The van der Waals surface area contributed by atoms with Gasteiger partial charge in [-0.25, -0.2) is 0 Å². The summed E-state index contributed by atoms with van der Waals surface area (Å²) in [7, 11) is 1.67. The minimum atomic E-state index is 0.00242. The second kappa shape index (κ2) is 6.99. The number of ether oxygens (including phenoxy) is 2. The molecule has 0 saturated carbocycles. The van der Waals surface area contributed by atoms with Crippen LogP contribution in [0.25, 0.3) is 0 Å². The minimum Gasteiger partial charge on any atom is -0.491 e. The number of anilines is 1. The van der Waals surface area contributed by atoms with Crippen molar-refractivity contribution in [3.8, 4) is 11.8 Å². The number of rotatable bonds is 6. The lowest BCUT2D eigenvalue weighted by atomic mass is 10.0. The molecule has 0 amide bonds. The van der Waals surface area contributed by atoms with Crippen molar-refractivity contribution in [3.63, 3.8) is 0 Å². The molecule has 0 bridgehead atoms. The summed E-state index contributed by atoms with van der Waals surface area (Å²) in [6.07, 6.45) is 0.598. The first kappa shape index (κ1) is 15.9. The fourth-order valence-electron chi connectivity index (χ4n) is 2.46. The monoisotopic (exact) mass is 310 g/mol. The van der Waals surface area contributed by atoms with Gasteiger partial charge in [0, 0.05) is 32.4 Å². The molecule has 1 aliphatic heterocycles. The molecule has 1 aliphatic rings. The fourth-order valence-corrected chi connectivity index (χ4v) is 2.72. The molecular formula is C15H19ClN2O3. The van der Waals surface area contributed by atoms with E-state index in [4.69, 9.17) is 21.1 Å². The Balaban J connectivity index is 2.49. The molecule has 1 fully saturated rings. The molecule has 1 N–H and O–H groups in total. The van der Waals surface area contributed by atoms with Crippen LogP contribution in [0.4, 0.5) is 5.69 Å². The molecule has 0 atom stereocenters. The summed E-state index contributed by atoms with van der Waals surface area (Å²) in [5.74, 6) is 0.641. The highest BCUT2D eigenvalue weighted by Crippen LogP contribution is 2.42. The number of aliphatic hydroxyl groups is 1. The summed E-state index contributed by atoms with van der Waals surface area (Å²) in [5, 5.41) is 19.0. The Kier molecular flexibility index (Phi) is 5.29. The number of hydrogen-bond donors (Lipinski definition) is 1. The Labute approximate surface area is 129 Å². The molecule has 0 aliphatic carbocycles. The van der Waals surface area contributed by atoms with E-state index in [0.29, 0.717) is 48.1 Å². The van der Waals surface area contributed by atoms with Gasteiger partial charge in [0.2, 0.25) is 0 Å². The van der Waals surface area contributed by atoms with E-state index in [2.05, 4.69) is 6.07 Å². The van der Waals surface area contributed by atoms with E-state index in [0.717, 1.165) is 5.56 Å². The molecule has 2 rings (SSSR count). The van der Waals surface area contributed by atoms with Crippen LogP contribution in [-0.4, -0.2) is 44.6 Å². The molecule has 0 spiro atoms. The molecule has 1 aromatic rings. The Morgan fingerprint density at radius 1 is 1.52 bits per heavy atom. The summed E-state index contributed by atoms with van der Waals surface area (Å²) < 4.78 is 11.0. The molecule has 1 saturated heterocycles. The minimum absolute atomic E-state index is 0.00242. The van der Waals surface area contributed by atoms with Gasteiger partial charge in [-0.3, -0.25) is 0 Å². The average Bonchev–Trinajstić information content (AvgIpc) is 2.41. The summed E-state index contributed by atoms with van der Waals surface area (Å²) in [4.78, 5) is 2.03. The average molecular weight is 311 g/mol. The number of benzene rings is 1. The highest BCUT2D eigenvalue weighted by atomic mass is 35.5. The van der Waals surface area contributed by atoms with E-state index in [9.17, 15) is 10.4 Å². The summed E-state index contributed by atoms with van der Waals surface area (Å²) >= 11 is 6.22. The Bertz CT molecular complexity index is 551. The number of methoxy groups -OCH3 is 1. The molecule has 0 aromatic heterocycles. The zero-order valence-corrected chi connectivity index (χ0v) is 13.0. The van der Waals surface area contributed by atoms with Crippen molar-refractivity contribution < 1.29 is 14.6 Å². The maximum atomic E-state index is 9.41. The van der Waals surface area contributed by atoms with Crippen LogP contribution in [-0.2, 0) is 11.2 Å². The Morgan fingerprint density at radius 3 is 2.76 bits per heavy atom. The molecule has 0 unspecified atom stereocenters. The van der Waals surface area contributed by atoms with Crippen molar-refractivity contribution >= 4 is 17.3 Å². The van der Waals surface area contributed by atoms with Crippen LogP contribution in [0.3, 0.4) is 0 Å². The molecule has 1 aromatic carbocycles. The Morgan fingerprint density at radius 2 is 2.24 bits per heavy atom. The molecule has 5 nitrogen and oxygen atoms in total. The zero-order chi connectivity index (χ0) is 15.4. The van der Waals surface area contributed by atoms with Gasteiger partial charge in [0.05, 0.1) is 29.0 Å². The van der Waals surface area contributed by atoms with Crippen LogP contribution in [0.2, 0.25) is 5.02 Å². The maximum Gasteiger partial charge on any atom is 0.147 e. The fraction of sp³-hybridized carbons (Fsp3) is 0.533. The highest BCUT2D eigenvalue weighted by Gasteiger charge is 2.32. The lowest BCUT2D eigenvalue weighted by Gasteiger charge is -2.41. The first-order valence-electron chi connectivity index (χ1n) is 6.93. The van der Waals surface area contributed by atoms with E-state index in [1.807, 2.05) is 11.8 Å². The van der Waals surface area contributed by atoms with E-state index in [1.54, 1.807) is 13.2 Å². The summed E-state index contributed by atoms with van der Waals surface area (Å²) in [6, 6.07) is 3.86. The van der Waals surface area contributed by atoms with Crippen LogP contribution in [0, 0.1) is 11.3 Å². The van der Waals surface area contributed by atoms with Crippen molar-refractivity contribution in [2.45, 2.75) is 19.4 Å². The topological polar surface area (TPSA) is 65.7 Å². The van der Waals surface area contributed by atoms with Crippen molar-refractivity contribution in [2.75, 3.05) is 38.3 Å². The van der Waals surface area contributed by atoms with Gasteiger partial charge in [0.1, 0.15) is 11.8 Å². The van der Waals surface area contributed by atoms with Crippen LogP contribution < -0.4 is 9.64 Å². The summed E-state index contributed by atoms with van der Waals surface area (Å²) in [6.45, 7) is 3.78. The zero-order valence-electron chi connectivity index (χ0n) is 12.2. The Hall–Kier alpha value is -1.48. The SMILES string of the molecule is CCOc1c(CCO)cc(Cl)c(C#N)c1N1CC(OC)C1. The molecule has 114 valence electrons. The van der Waals surface area contributed by atoms with Crippen molar-refractivity contribution in [1.29, 1.82) is 5.26 Å². The predicted octanol–water partition coefficient (Wildman–Crippen LogP) is 1.98. The number of nitriles is 1. The first-order chi connectivity index (χ1) is 10.2. The van der Waals surface area contributed by atoms with Gasteiger partial charge < -0.3 is 19.5 Å². The van der Waals surface area contributed by atoms with Crippen molar-refractivity contribution in [3.05, 3.63) is 22.2 Å². The van der Waals surface area contributed by atoms with Crippen LogP contribution in [0.1, 0.15) is 18.1 Å². The predicted molar refractivity (Wildman–Crippen MR) is 81.1 cm³/mol. The maximum absolute atomic E-state index is 9.41. The van der Waals surface area contributed by atoms with Gasteiger partial charge in [-0.05, 0) is 19.4 Å². The van der Waals surface area contributed by atoms with Gasteiger partial charge in [-0.1, -0.05) is 11.6 Å². The lowest BCUT2D eigenvalue weighted by molar-refractivity contribution is 0.0783. The molecule has 0 radical (unpaired) electrons. The summed E-state index contributed by atoms with van der Waals surface area (Å²) in [5.41, 5.74) is 1.94. The molecular weight excluding hydrogens is 292 g/mol. The van der Waals surface area contributed by atoms with Crippen LogP contribution >= 0.6 is 11.6 Å². The van der Waals surface area contributed by atoms with E-state index >= 15 is 0 Å². The molecule has 1 heterocycles. The van der Waals surface area contributed by atoms with Gasteiger partial charge in [-0.15, -0.1) is 0 Å². The van der Waals surface area contributed by atoms with Crippen LogP contribution in [0.15, 0.2) is 6.07 Å². The van der Waals surface area contributed by atoms with Gasteiger partial charge in [0.15, 0.2) is 0 Å². The van der Waals surface area contributed by atoms with E-state index in [-0.39, 0.29) is 12.7 Å². The van der Waals surface area contributed by atoms with E-state index < -0.39 is 0 Å². The lowest BCUT2D eigenvalue weighted by Crippen LogP contribution is -2.52. The third-order valence-corrected chi connectivity index (χ3v) is 3.86.